The highest BCUT2D eigenvalue weighted by atomic mass is 16.5. The molecule has 118 valence electrons. The fourth-order valence-corrected chi connectivity index (χ4v) is 2.83. The Bertz CT molecular complexity index is 488. The summed E-state index contributed by atoms with van der Waals surface area (Å²) < 4.78 is 7.28. The second-order valence-corrected chi connectivity index (χ2v) is 6.25. The van der Waals surface area contributed by atoms with Gasteiger partial charge in [0.1, 0.15) is 5.69 Å². The zero-order valence-corrected chi connectivity index (χ0v) is 13.8. The minimum atomic E-state index is 0.0711. The average molecular weight is 293 g/mol. The molecule has 1 aromatic heterocycles. The standard InChI is InChI=1S/C16H27N3O2/c1-6-18-15(9-14(17-18)11(2)3)16(20)19(12(4)5)13-7-8-21-10-13/h9,11-13H,6-8,10H2,1-5H3. The third kappa shape index (κ3) is 3.28. The Kier molecular flexibility index (Phi) is 5.04. The van der Waals surface area contributed by atoms with E-state index in [4.69, 9.17) is 4.74 Å². The Labute approximate surface area is 127 Å². The van der Waals surface area contributed by atoms with Crippen LogP contribution in [0, 0.1) is 0 Å². The topological polar surface area (TPSA) is 47.4 Å². The van der Waals surface area contributed by atoms with Crippen LogP contribution in [-0.2, 0) is 11.3 Å². The number of nitrogens with zero attached hydrogens (tertiary/aromatic N) is 3. The minimum absolute atomic E-state index is 0.0711. The van der Waals surface area contributed by atoms with Crippen LogP contribution in [0.25, 0.3) is 0 Å². The molecule has 5 nitrogen and oxygen atoms in total. The van der Waals surface area contributed by atoms with Gasteiger partial charge in [-0.25, -0.2) is 0 Å². The summed E-state index contributed by atoms with van der Waals surface area (Å²) in [5, 5.41) is 4.56. The molecule has 2 rings (SSSR count). The van der Waals surface area contributed by atoms with Crippen molar-refractivity contribution in [3.63, 3.8) is 0 Å². The van der Waals surface area contributed by atoms with Gasteiger partial charge in [-0.2, -0.15) is 5.10 Å². The van der Waals surface area contributed by atoms with Gasteiger partial charge in [0.2, 0.25) is 0 Å². The summed E-state index contributed by atoms with van der Waals surface area (Å²) in [5.41, 5.74) is 1.67. The fourth-order valence-electron chi connectivity index (χ4n) is 2.83. The molecule has 1 unspecified atom stereocenters. The van der Waals surface area contributed by atoms with Crippen molar-refractivity contribution < 1.29 is 9.53 Å². The number of aromatic nitrogens is 2. The Morgan fingerprint density at radius 1 is 1.48 bits per heavy atom. The largest absolute Gasteiger partial charge is 0.379 e. The maximum Gasteiger partial charge on any atom is 0.272 e. The van der Waals surface area contributed by atoms with Crippen molar-refractivity contribution in [3.8, 4) is 0 Å². The lowest BCUT2D eigenvalue weighted by Crippen LogP contribution is -2.46. The van der Waals surface area contributed by atoms with E-state index in [1.54, 1.807) is 0 Å². The molecule has 21 heavy (non-hydrogen) atoms. The first-order valence-corrected chi connectivity index (χ1v) is 7.93. The molecular formula is C16H27N3O2. The molecule has 1 fully saturated rings. The summed E-state index contributed by atoms with van der Waals surface area (Å²) in [6, 6.07) is 2.29. The highest BCUT2D eigenvalue weighted by Gasteiger charge is 2.32. The van der Waals surface area contributed by atoms with Gasteiger partial charge in [0, 0.05) is 19.2 Å². The Balaban J connectivity index is 2.31. The maximum atomic E-state index is 13.0. The lowest BCUT2D eigenvalue weighted by Gasteiger charge is -2.31. The van der Waals surface area contributed by atoms with Crippen LogP contribution < -0.4 is 0 Å². The molecule has 0 aliphatic carbocycles. The number of carbonyl (C=O) groups is 1. The first kappa shape index (κ1) is 16.0. The molecule has 0 aromatic carbocycles. The summed E-state index contributed by atoms with van der Waals surface area (Å²) in [4.78, 5) is 15.0. The number of rotatable bonds is 5. The van der Waals surface area contributed by atoms with E-state index in [9.17, 15) is 4.79 Å². The van der Waals surface area contributed by atoms with Crippen molar-refractivity contribution in [2.24, 2.45) is 0 Å². The molecule has 0 spiro atoms. The van der Waals surface area contributed by atoms with Gasteiger partial charge in [-0.3, -0.25) is 9.48 Å². The van der Waals surface area contributed by atoms with E-state index in [0.717, 1.165) is 18.7 Å². The molecule has 0 radical (unpaired) electrons. The Hall–Kier alpha value is -1.36. The third-order valence-corrected chi connectivity index (χ3v) is 4.00. The number of aryl methyl sites for hydroxylation is 1. The predicted octanol–water partition coefficient (Wildman–Crippen LogP) is 2.67. The van der Waals surface area contributed by atoms with Crippen LogP contribution in [0.5, 0.6) is 0 Å². The molecule has 1 amide bonds. The number of amides is 1. The molecular weight excluding hydrogens is 266 g/mol. The number of ether oxygens (including phenoxy) is 1. The molecule has 1 aliphatic rings. The van der Waals surface area contributed by atoms with Crippen LogP contribution in [0.3, 0.4) is 0 Å². The van der Waals surface area contributed by atoms with Gasteiger partial charge in [-0.05, 0) is 39.2 Å². The van der Waals surface area contributed by atoms with Crippen molar-refractivity contribution in [3.05, 3.63) is 17.5 Å². The van der Waals surface area contributed by atoms with Crippen molar-refractivity contribution >= 4 is 5.91 Å². The molecule has 0 bridgehead atoms. The van der Waals surface area contributed by atoms with Crippen LogP contribution in [-0.4, -0.2) is 45.9 Å². The molecule has 1 aliphatic heterocycles. The molecule has 1 atom stereocenters. The van der Waals surface area contributed by atoms with Crippen LogP contribution in [0.1, 0.15) is 63.1 Å². The molecule has 0 saturated carbocycles. The first-order chi connectivity index (χ1) is 9.95. The Morgan fingerprint density at radius 2 is 2.19 bits per heavy atom. The smallest absolute Gasteiger partial charge is 0.272 e. The molecule has 0 N–H and O–H groups in total. The number of carbonyl (C=O) groups excluding carboxylic acids is 1. The summed E-state index contributed by atoms with van der Waals surface area (Å²) in [6.07, 6.45) is 0.918. The Morgan fingerprint density at radius 3 is 2.67 bits per heavy atom. The van der Waals surface area contributed by atoms with Gasteiger partial charge in [0.15, 0.2) is 0 Å². The molecule has 5 heteroatoms. The zero-order chi connectivity index (χ0) is 15.6. The SMILES string of the molecule is CCn1nc(C(C)C)cc1C(=O)N(C(C)C)C1CCOC1. The lowest BCUT2D eigenvalue weighted by atomic mass is 10.1. The van der Waals surface area contributed by atoms with E-state index < -0.39 is 0 Å². The van der Waals surface area contributed by atoms with E-state index in [1.807, 2.05) is 22.6 Å². The van der Waals surface area contributed by atoms with Crippen molar-refractivity contribution in [2.75, 3.05) is 13.2 Å². The highest BCUT2D eigenvalue weighted by Crippen LogP contribution is 2.21. The number of hydrogen-bond acceptors (Lipinski definition) is 3. The van der Waals surface area contributed by atoms with Crippen molar-refractivity contribution in [1.29, 1.82) is 0 Å². The van der Waals surface area contributed by atoms with E-state index >= 15 is 0 Å². The van der Waals surface area contributed by atoms with E-state index in [0.29, 0.717) is 24.8 Å². The summed E-state index contributed by atoms with van der Waals surface area (Å²) in [6.45, 7) is 12.4. The average Bonchev–Trinajstić information content (AvgIpc) is 3.07. The minimum Gasteiger partial charge on any atom is -0.379 e. The van der Waals surface area contributed by atoms with Crippen molar-refractivity contribution in [1.82, 2.24) is 14.7 Å². The van der Waals surface area contributed by atoms with Gasteiger partial charge in [0.25, 0.3) is 5.91 Å². The van der Waals surface area contributed by atoms with Crippen LogP contribution in [0.15, 0.2) is 6.07 Å². The van der Waals surface area contributed by atoms with E-state index in [2.05, 4.69) is 32.8 Å². The molecule has 2 heterocycles. The maximum absolute atomic E-state index is 13.0. The second-order valence-electron chi connectivity index (χ2n) is 6.25. The highest BCUT2D eigenvalue weighted by molar-refractivity contribution is 5.93. The predicted molar refractivity (Wildman–Crippen MR) is 82.5 cm³/mol. The van der Waals surface area contributed by atoms with Gasteiger partial charge in [0.05, 0.1) is 18.3 Å². The fraction of sp³-hybridized carbons (Fsp3) is 0.750. The molecule has 1 saturated heterocycles. The second kappa shape index (κ2) is 6.60. The normalized spacial score (nSPS) is 18.7. The third-order valence-electron chi connectivity index (χ3n) is 4.00. The first-order valence-electron chi connectivity index (χ1n) is 7.93. The van der Waals surface area contributed by atoms with Gasteiger partial charge < -0.3 is 9.64 Å². The van der Waals surface area contributed by atoms with Crippen LogP contribution in [0.2, 0.25) is 0 Å². The number of hydrogen-bond donors (Lipinski definition) is 0. The zero-order valence-electron chi connectivity index (χ0n) is 13.8. The van der Waals surface area contributed by atoms with E-state index in [1.165, 1.54) is 0 Å². The van der Waals surface area contributed by atoms with Gasteiger partial charge in [-0.1, -0.05) is 13.8 Å². The monoisotopic (exact) mass is 293 g/mol. The van der Waals surface area contributed by atoms with Crippen LogP contribution in [0.4, 0.5) is 0 Å². The lowest BCUT2D eigenvalue weighted by molar-refractivity contribution is 0.0569. The van der Waals surface area contributed by atoms with Crippen molar-refractivity contribution in [2.45, 2.75) is 65.6 Å². The summed E-state index contributed by atoms with van der Waals surface area (Å²) >= 11 is 0. The van der Waals surface area contributed by atoms with Crippen LogP contribution >= 0.6 is 0 Å². The van der Waals surface area contributed by atoms with Gasteiger partial charge >= 0.3 is 0 Å². The van der Waals surface area contributed by atoms with E-state index in [-0.39, 0.29) is 18.0 Å². The quantitative estimate of drug-likeness (QED) is 0.838. The molecule has 1 aromatic rings. The van der Waals surface area contributed by atoms with Gasteiger partial charge in [-0.15, -0.1) is 0 Å². The summed E-state index contributed by atoms with van der Waals surface area (Å²) in [7, 11) is 0. The summed E-state index contributed by atoms with van der Waals surface area (Å²) in [5.74, 6) is 0.397.